The minimum Gasteiger partial charge on any atom is -0.493 e. The van der Waals surface area contributed by atoms with Crippen molar-refractivity contribution in [2.45, 2.75) is 12.2 Å². The largest absolute Gasteiger partial charge is 0.493 e. The van der Waals surface area contributed by atoms with Gasteiger partial charge in [-0.1, -0.05) is 18.2 Å². The Morgan fingerprint density at radius 2 is 1.54 bits per heavy atom. The molecule has 0 aliphatic carbocycles. The van der Waals surface area contributed by atoms with E-state index in [2.05, 4.69) is 20.9 Å². The fourth-order valence-corrected chi connectivity index (χ4v) is 3.47. The number of amidine groups is 1. The molecular weight excluding hydrogens is 554 g/mol. The molecule has 0 heterocycles. The molecule has 11 nitrogen and oxygen atoms in total. The fourth-order valence-electron chi connectivity index (χ4n) is 3.47. The first kappa shape index (κ1) is 30.2. The molecule has 6 N–H and O–H groups in total. The van der Waals surface area contributed by atoms with Crippen molar-refractivity contribution in [3.8, 4) is 17.2 Å². The summed E-state index contributed by atoms with van der Waals surface area (Å²) < 4.78 is 68.3. The third-order valence-electron chi connectivity index (χ3n) is 5.43. The molecule has 0 aliphatic heterocycles. The summed E-state index contributed by atoms with van der Waals surface area (Å²) in [5.74, 6) is -6.68. The minimum atomic E-state index is -5.36. The number of rotatable bonds is 9. The second-order valence-corrected chi connectivity index (χ2v) is 8.13. The molecule has 3 rings (SSSR count). The molecular formula is C26H23F4N5O6. The van der Waals surface area contributed by atoms with Gasteiger partial charge in [0.15, 0.2) is 11.5 Å². The Balaban J connectivity index is 2.01. The van der Waals surface area contributed by atoms with Crippen molar-refractivity contribution < 1.29 is 46.2 Å². The van der Waals surface area contributed by atoms with Crippen LogP contribution in [0.3, 0.4) is 0 Å². The summed E-state index contributed by atoms with van der Waals surface area (Å²) in [7, 11) is 2.53. The van der Waals surface area contributed by atoms with E-state index in [1.54, 1.807) is 18.2 Å². The van der Waals surface area contributed by atoms with Crippen LogP contribution < -0.4 is 36.1 Å². The predicted octanol–water partition coefficient (Wildman–Crippen LogP) is 3.21. The van der Waals surface area contributed by atoms with Gasteiger partial charge in [-0.15, -0.1) is 0 Å². The average Bonchev–Trinajstić information content (AvgIpc) is 2.94. The lowest BCUT2D eigenvalue weighted by molar-refractivity contribution is -0.189. The lowest BCUT2D eigenvalue weighted by atomic mass is 10.0. The van der Waals surface area contributed by atoms with Crippen LogP contribution in [0.25, 0.3) is 0 Å². The molecule has 2 amide bonds. The Hall–Kier alpha value is -5.34. The molecule has 3 aromatic rings. The molecule has 0 spiro atoms. The summed E-state index contributed by atoms with van der Waals surface area (Å²) in [4.78, 5) is 37.1. The molecule has 0 aliphatic rings. The molecule has 0 saturated heterocycles. The zero-order valence-corrected chi connectivity index (χ0v) is 21.4. The maximum Gasteiger partial charge on any atom is 0.491 e. The van der Waals surface area contributed by atoms with Crippen LogP contribution in [0.5, 0.6) is 17.2 Å². The molecule has 0 bridgehead atoms. The normalized spacial score (nSPS) is 11.6. The molecule has 41 heavy (non-hydrogen) atoms. The maximum atomic E-state index is 15.2. The molecule has 216 valence electrons. The predicted molar refractivity (Wildman–Crippen MR) is 137 cm³/mol. The highest BCUT2D eigenvalue weighted by Gasteiger charge is 2.42. The number of benzene rings is 3. The summed E-state index contributed by atoms with van der Waals surface area (Å²) in [5, 5.41) is 10.2. The molecule has 0 aromatic heterocycles. The molecule has 0 fully saturated rings. The number of hydrogen-bond acceptors (Lipinski definition) is 8. The fraction of sp³-hybridized carbons (Fsp3) is 0.154. The monoisotopic (exact) mass is 577 g/mol. The SMILES string of the molecule is COc1cc(F)c(C(Nc2ccc(C(=N)N)c(OC(=O)C(F)(F)F)c2)C(=O)NNC(=O)c2ccccc2)cc1OC. The van der Waals surface area contributed by atoms with Crippen LogP contribution in [0.4, 0.5) is 23.2 Å². The van der Waals surface area contributed by atoms with E-state index in [1.807, 2.05) is 0 Å². The number of carbonyl (C=O) groups is 3. The standard InChI is InChI=1S/C26H23F4N5O6/c1-39-19-11-16(17(27)12-20(19)40-2)21(24(37)35-34-23(36)13-6-4-3-5-7-13)33-14-8-9-15(22(31)32)18(10-14)41-25(38)26(28,29)30/h3-12,21,33H,1-2H3,(H3,31,32)(H,34,36)(H,35,37). The van der Waals surface area contributed by atoms with Gasteiger partial charge in [0.1, 0.15) is 23.4 Å². The van der Waals surface area contributed by atoms with Crippen molar-refractivity contribution in [1.29, 1.82) is 5.41 Å². The first-order valence-corrected chi connectivity index (χ1v) is 11.5. The topological polar surface area (TPSA) is 165 Å². The number of methoxy groups -OCH3 is 2. The van der Waals surface area contributed by atoms with Gasteiger partial charge in [0.05, 0.1) is 19.8 Å². The Kier molecular flexibility index (Phi) is 9.34. The third kappa shape index (κ3) is 7.40. The third-order valence-corrected chi connectivity index (χ3v) is 5.43. The second-order valence-electron chi connectivity index (χ2n) is 8.13. The maximum absolute atomic E-state index is 15.2. The highest BCUT2D eigenvalue weighted by atomic mass is 19.4. The number of amides is 2. The summed E-state index contributed by atoms with van der Waals surface area (Å²) in [6, 6.07) is 11.4. The van der Waals surface area contributed by atoms with Crippen molar-refractivity contribution in [2.75, 3.05) is 19.5 Å². The van der Waals surface area contributed by atoms with Crippen molar-refractivity contribution in [3.63, 3.8) is 0 Å². The van der Waals surface area contributed by atoms with E-state index in [4.69, 9.17) is 20.6 Å². The number of nitrogen functional groups attached to an aromatic ring is 1. The van der Waals surface area contributed by atoms with Crippen molar-refractivity contribution in [2.24, 2.45) is 5.73 Å². The number of carbonyl (C=O) groups excluding carboxylic acids is 3. The van der Waals surface area contributed by atoms with Gasteiger partial charge in [0.2, 0.25) is 0 Å². The molecule has 0 saturated carbocycles. The molecule has 15 heteroatoms. The smallest absolute Gasteiger partial charge is 0.491 e. The van der Waals surface area contributed by atoms with Gasteiger partial charge in [-0.25, -0.2) is 9.18 Å². The quantitative estimate of drug-likeness (QED) is 0.0646. The van der Waals surface area contributed by atoms with Crippen LogP contribution >= 0.6 is 0 Å². The van der Waals surface area contributed by atoms with Crippen LogP contribution in [-0.4, -0.2) is 44.0 Å². The van der Waals surface area contributed by atoms with E-state index < -0.39 is 47.4 Å². The minimum absolute atomic E-state index is 0.00236. The van der Waals surface area contributed by atoms with Gasteiger partial charge in [0, 0.05) is 28.9 Å². The van der Waals surface area contributed by atoms with Crippen LogP contribution in [0, 0.1) is 11.2 Å². The Labute approximate surface area is 230 Å². The van der Waals surface area contributed by atoms with Crippen molar-refractivity contribution in [1.82, 2.24) is 10.9 Å². The number of hydrazine groups is 1. The van der Waals surface area contributed by atoms with E-state index >= 15 is 4.39 Å². The number of anilines is 1. The lowest BCUT2D eigenvalue weighted by Crippen LogP contribution is -2.45. The van der Waals surface area contributed by atoms with E-state index in [0.717, 1.165) is 24.3 Å². The zero-order chi connectivity index (χ0) is 30.3. The summed E-state index contributed by atoms with van der Waals surface area (Å²) in [6.07, 6.45) is -5.36. The van der Waals surface area contributed by atoms with E-state index in [9.17, 15) is 27.6 Å². The van der Waals surface area contributed by atoms with Crippen molar-refractivity contribution in [3.05, 3.63) is 83.2 Å². The highest BCUT2D eigenvalue weighted by Crippen LogP contribution is 2.35. The van der Waals surface area contributed by atoms with E-state index in [1.165, 1.54) is 32.4 Å². The van der Waals surface area contributed by atoms with Gasteiger partial charge >= 0.3 is 12.1 Å². The van der Waals surface area contributed by atoms with Gasteiger partial charge in [-0.05, 0) is 30.3 Å². The zero-order valence-electron chi connectivity index (χ0n) is 21.4. The van der Waals surface area contributed by atoms with E-state index in [0.29, 0.717) is 0 Å². The van der Waals surface area contributed by atoms with Gasteiger partial charge in [-0.3, -0.25) is 25.8 Å². The summed E-state index contributed by atoms with van der Waals surface area (Å²) in [6.45, 7) is 0. The Bertz CT molecular complexity index is 1470. The Morgan fingerprint density at radius 1 is 0.902 bits per heavy atom. The molecule has 1 atom stereocenters. The summed E-state index contributed by atoms with van der Waals surface area (Å²) >= 11 is 0. The molecule has 1 unspecified atom stereocenters. The number of nitrogens with two attached hydrogens (primary N) is 1. The number of nitrogens with one attached hydrogen (secondary N) is 4. The molecule has 0 radical (unpaired) electrons. The first-order valence-electron chi connectivity index (χ1n) is 11.5. The van der Waals surface area contributed by atoms with Gasteiger partial charge in [-0.2, -0.15) is 13.2 Å². The number of halogens is 4. The number of alkyl halides is 3. The van der Waals surface area contributed by atoms with Crippen molar-refractivity contribution >= 4 is 29.3 Å². The van der Waals surface area contributed by atoms with Crippen LogP contribution in [0.2, 0.25) is 0 Å². The first-order chi connectivity index (χ1) is 19.3. The highest BCUT2D eigenvalue weighted by molar-refractivity contribution is 5.99. The van der Waals surface area contributed by atoms with E-state index in [-0.39, 0.29) is 33.9 Å². The molecule has 3 aromatic carbocycles. The van der Waals surface area contributed by atoms with Crippen LogP contribution in [-0.2, 0) is 9.59 Å². The van der Waals surface area contributed by atoms with Gasteiger partial charge < -0.3 is 25.3 Å². The Morgan fingerprint density at radius 3 is 2.12 bits per heavy atom. The summed E-state index contributed by atoms with van der Waals surface area (Å²) in [5.41, 5.74) is 9.11. The average molecular weight is 577 g/mol. The van der Waals surface area contributed by atoms with Gasteiger partial charge in [0.25, 0.3) is 11.8 Å². The van der Waals surface area contributed by atoms with Crippen LogP contribution in [0.1, 0.15) is 27.5 Å². The second kappa shape index (κ2) is 12.7. The number of esters is 1. The number of ether oxygens (including phenoxy) is 3. The number of hydrogen-bond donors (Lipinski definition) is 5. The van der Waals surface area contributed by atoms with Crippen LogP contribution in [0.15, 0.2) is 60.7 Å². The lowest BCUT2D eigenvalue weighted by Gasteiger charge is -2.22.